The molecular weight excluding hydrogens is 366 g/mol. The van der Waals surface area contributed by atoms with Crippen LogP contribution in [0.25, 0.3) is 15.9 Å². The van der Waals surface area contributed by atoms with Crippen molar-refractivity contribution in [2.24, 2.45) is 0 Å². The molecule has 1 fully saturated rings. The van der Waals surface area contributed by atoms with E-state index < -0.39 is 0 Å². The van der Waals surface area contributed by atoms with Gasteiger partial charge < -0.3 is 9.80 Å². The van der Waals surface area contributed by atoms with Crippen LogP contribution in [-0.4, -0.2) is 57.0 Å². The molecule has 4 heterocycles. The molecule has 0 spiro atoms. The van der Waals surface area contributed by atoms with Crippen LogP contribution in [0.15, 0.2) is 41.8 Å². The van der Waals surface area contributed by atoms with Crippen molar-refractivity contribution in [3.63, 3.8) is 0 Å². The average Bonchev–Trinajstić information content (AvgIpc) is 3.26. The summed E-state index contributed by atoms with van der Waals surface area (Å²) in [6.07, 6.45) is 7.46. The maximum Gasteiger partial charge on any atom is 0.203 e. The van der Waals surface area contributed by atoms with E-state index in [0.29, 0.717) is 6.04 Å². The number of likely N-dealkylation sites (N-methyl/N-ethyl adjacent to an activating group) is 1. The van der Waals surface area contributed by atoms with Crippen LogP contribution >= 0.6 is 23.1 Å². The predicted molar refractivity (Wildman–Crippen MR) is 107 cm³/mol. The quantitative estimate of drug-likeness (QED) is 0.502. The first kappa shape index (κ1) is 15.8. The minimum absolute atomic E-state index is 0.417. The molecule has 1 aromatic carbocycles. The fraction of sp³-hybridized carbons (Fsp3) is 0.294. The lowest BCUT2D eigenvalue weighted by molar-refractivity contribution is 0.492. The Morgan fingerprint density at radius 2 is 2.19 bits per heavy atom. The third-order valence-corrected chi connectivity index (χ3v) is 6.63. The zero-order valence-electron chi connectivity index (χ0n) is 14.4. The van der Waals surface area contributed by atoms with Crippen molar-refractivity contribution >= 4 is 49.9 Å². The number of benzene rings is 1. The van der Waals surface area contributed by atoms with Crippen LogP contribution in [0, 0.1) is 0 Å². The molecule has 1 aliphatic heterocycles. The normalized spacial score (nSPS) is 14.9. The molecule has 0 bridgehead atoms. The molecule has 132 valence electrons. The Kier molecular flexibility index (Phi) is 3.71. The van der Waals surface area contributed by atoms with Crippen LogP contribution in [0.2, 0.25) is 0 Å². The van der Waals surface area contributed by atoms with Crippen LogP contribution in [-0.2, 0) is 0 Å². The van der Waals surface area contributed by atoms with Crippen molar-refractivity contribution in [1.29, 1.82) is 0 Å². The Balaban J connectivity index is 1.35. The number of rotatable bonds is 4. The van der Waals surface area contributed by atoms with Crippen molar-refractivity contribution in [2.45, 2.75) is 10.9 Å². The highest BCUT2D eigenvalue weighted by atomic mass is 32.2. The van der Waals surface area contributed by atoms with Crippen LogP contribution in [0.1, 0.15) is 0 Å². The molecule has 4 aromatic rings. The molecule has 7 nitrogen and oxygen atoms in total. The molecule has 0 atom stereocenters. The van der Waals surface area contributed by atoms with Gasteiger partial charge in [-0.05, 0) is 24.5 Å². The fourth-order valence-corrected chi connectivity index (χ4v) is 4.72. The van der Waals surface area contributed by atoms with E-state index in [-0.39, 0.29) is 0 Å². The van der Waals surface area contributed by atoms with Crippen LogP contribution in [0.3, 0.4) is 0 Å². The summed E-state index contributed by atoms with van der Waals surface area (Å²) in [6, 6.07) is 6.88. The molecular formula is C17H17N7S2. The number of thiazole rings is 1. The second-order valence-corrected chi connectivity index (χ2v) is 8.20. The highest BCUT2D eigenvalue weighted by molar-refractivity contribution is 7.98. The molecule has 0 N–H and O–H groups in total. The average molecular weight is 384 g/mol. The third kappa shape index (κ3) is 2.50. The number of aromatic nitrogens is 5. The lowest BCUT2D eigenvalue weighted by Gasteiger charge is -2.44. The van der Waals surface area contributed by atoms with Gasteiger partial charge in [-0.3, -0.25) is 4.40 Å². The Hall–Kier alpha value is -2.39. The summed E-state index contributed by atoms with van der Waals surface area (Å²) in [5.41, 5.74) is 1.87. The summed E-state index contributed by atoms with van der Waals surface area (Å²) in [7, 11) is 2.13. The van der Waals surface area contributed by atoms with Crippen LogP contribution < -0.4 is 9.80 Å². The second kappa shape index (κ2) is 6.10. The summed E-state index contributed by atoms with van der Waals surface area (Å²) in [6.45, 7) is 1.81. The van der Waals surface area contributed by atoms with Gasteiger partial charge in [-0.25, -0.2) is 9.97 Å². The van der Waals surface area contributed by atoms with Crippen molar-refractivity contribution in [2.75, 3.05) is 36.2 Å². The van der Waals surface area contributed by atoms with Gasteiger partial charge in [-0.15, -0.1) is 22.0 Å². The molecule has 0 unspecified atom stereocenters. The lowest BCUT2D eigenvalue weighted by Crippen LogP contribution is -2.59. The topological polar surface area (TPSA) is 62.5 Å². The van der Waals surface area contributed by atoms with Crippen molar-refractivity contribution in [1.82, 2.24) is 24.6 Å². The van der Waals surface area contributed by atoms with Gasteiger partial charge in [-0.2, -0.15) is 0 Å². The molecule has 3 aromatic heterocycles. The minimum Gasteiger partial charge on any atom is -0.349 e. The zero-order valence-corrected chi connectivity index (χ0v) is 16.0. The van der Waals surface area contributed by atoms with Gasteiger partial charge in [0.25, 0.3) is 0 Å². The van der Waals surface area contributed by atoms with E-state index in [2.05, 4.69) is 56.5 Å². The molecule has 0 amide bonds. The van der Waals surface area contributed by atoms with E-state index in [4.69, 9.17) is 4.98 Å². The number of thioether (sulfide) groups is 1. The Morgan fingerprint density at radius 1 is 1.31 bits per heavy atom. The van der Waals surface area contributed by atoms with Gasteiger partial charge in [0.1, 0.15) is 6.33 Å². The van der Waals surface area contributed by atoms with E-state index >= 15 is 0 Å². The number of hydrogen-bond acceptors (Lipinski definition) is 8. The minimum atomic E-state index is 0.417. The number of fused-ring (bicyclic) bond motifs is 2. The summed E-state index contributed by atoms with van der Waals surface area (Å²) in [5.74, 6) is 0.892. The fourth-order valence-electron chi connectivity index (χ4n) is 3.17. The Morgan fingerprint density at radius 3 is 3.04 bits per heavy atom. The Bertz CT molecular complexity index is 1080. The highest BCUT2D eigenvalue weighted by Crippen LogP contribution is 2.34. The number of hydrogen-bond donors (Lipinski definition) is 0. The maximum absolute atomic E-state index is 4.80. The highest BCUT2D eigenvalue weighted by Gasteiger charge is 2.33. The second-order valence-electron chi connectivity index (χ2n) is 6.31. The molecule has 0 radical (unpaired) electrons. The largest absolute Gasteiger partial charge is 0.349 e. The Labute approximate surface area is 158 Å². The first-order chi connectivity index (χ1) is 12.7. The first-order valence-corrected chi connectivity index (χ1v) is 10.3. The summed E-state index contributed by atoms with van der Waals surface area (Å²) in [4.78, 5) is 15.1. The van der Waals surface area contributed by atoms with E-state index in [1.165, 1.54) is 9.60 Å². The standard InChI is InChI=1S/C17H17N7S2/c1-22(17-20-13-4-3-12(25-2)7-14(13)26-17)11-8-24(9-11)15-16-21-19-10-23(16)6-5-18-15/h3-7,10-11H,8-9H2,1-2H3. The van der Waals surface area contributed by atoms with E-state index in [0.717, 1.165) is 35.2 Å². The molecule has 26 heavy (non-hydrogen) atoms. The number of anilines is 2. The monoisotopic (exact) mass is 383 g/mol. The van der Waals surface area contributed by atoms with Crippen molar-refractivity contribution < 1.29 is 0 Å². The third-order valence-electron chi connectivity index (χ3n) is 4.79. The molecule has 1 saturated heterocycles. The molecule has 9 heteroatoms. The summed E-state index contributed by atoms with van der Waals surface area (Å²) < 4.78 is 3.14. The van der Waals surface area contributed by atoms with Crippen LogP contribution in [0.5, 0.6) is 0 Å². The van der Waals surface area contributed by atoms with Gasteiger partial charge in [0.05, 0.1) is 16.3 Å². The van der Waals surface area contributed by atoms with Gasteiger partial charge >= 0.3 is 0 Å². The van der Waals surface area contributed by atoms with Gasteiger partial charge in [0.2, 0.25) is 5.65 Å². The van der Waals surface area contributed by atoms with E-state index in [9.17, 15) is 0 Å². The number of nitrogens with zero attached hydrogens (tertiary/aromatic N) is 7. The van der Waals surface area contributed by atoms with Gasteiger partial charge in [0, 0.05) is 37.4 Å². The molecule has 0 aliphatic carbocycles. The van der Waals surface area contributed by atoms with E-state index in [1.54, 1.807) is 35.6 Å². The maximum atomic E-state index is 4.80. The zero-order chi connectivity index (χ0) is 17.7. The van der Waals surface area contributed by atoms with Crippen molar-refractivity contribution in [3.05, 3.63) is 36.9 Å². The van der Waals surface area contributed by atoms with Gasteiger partial charge in [-0.1, -0.05) is 11.3 Å². The SMILES string of the molecule is CSc1ccc2nc(N(C)C3CN(c4nccn5cnnc45)C3)sc2c1. The first-order valence-electron chi connectivity index (χ1n) is 8.29. The van der Waals surface area contributed by atoms with Crippen LogP contribution in [0.4, 0.5) is 10.9 Å². The van der Waals surface area contributed by atoms with E-state index in [1.807, 2.05) is 10.6 Å². The molecule has 1 aliphatic rings. The molecule has 5 rings (SSSR count). The van der Waals surface area contributed by atoms with Gasteiger partial charge in [0.15, 0.2) is 10.9 Å². The molecule has 0 saturated carbocycles. The summed E-state index contributed by atoms with van der Waals surface area (Å²) in [5, 5.41) is 9.21. The smallest absolute Gasteiger partial charge is 0.203 e. The summed E-state index contributed by atoms with van der Waals surface area (Å²) >= 11 is 3.52. The lowest BCUT2D eigenvalue weighted by atomic mass is 10.1. The predicted octanol–water partition coefficient (Wildman–Crippen LogP) is 2.78. The van der Waals surface area contributed by atoms with Crippen molar-refractivity contribution in [3.8, 4) is 0 Å².